The summed E-state index contributed by atoms with van der Waals surface area (Å²) in [6, 6.07) is 0. The van der Waals surface area contributed by atoms with Crippen LogP contribution in [-0.4, -0.2) is 106 Å². The van der Waals surface area contributed by atoms with Crippen LogP contribution in [0.5, 0.6) is 0 Å². The predicted molar refractivity (Wildman–Crippen MR) is 91.8 cm³/mol. The molecule has 0 aromatic rings. The van der Waals surface area contributed by atoms with Gasteiger partial charge in [0.2, 0.25) is 5.91 Å². The second-order valence-corrected chi connectivity index (χ2v) is 9.04. The Balaban J connectivity index is 2.16. The lowest BCUT2D eigenvalue weighted by atomic mass is 9.87. The summed E-state index contributed by atoms with van der Waals surface area (Å²) < 4.78 is 32.9. The highest BCUT2D eigenvalue weighted by atomic mass is 32.2. The van der Waals surface area contributed by atoms with E-state index in [0.717, 1.165) is 6.42 Å². The van der Waals surface area contributed by atoms with Crippen molar-refractivity contribution >= 4 is 16.1 Å². The van der Waals surface area contributed by atoms with Gasteiger partial charge in [-0.1, -0.05) is 0 Å². The number of hydrogen-bond donors (Lipinski definition) is 0. The quantitative estimate of drug-likeness (QED) is 0.655. The van der Waals surface area contributed by atoms with Gasteiger partial charge >= 0.3 is 0 Å². The van der Waals surface area contributed by atoms with Crippen molar-refractivity contribution in [2.24, 2.45) is 0 Å². The lowest BCUT2D eigenvalue weighted by Crippen LogP contribution is -2.63. The molecule has 2 saturated heterocycles. The molecule has 1 atom stereocenters. The number of methoxy groups -OCH3 is 1. The minimum absolute atomic E-state index is 0.130. The first-order valence-electron chi connectivity index (χ1n) is 8.38. The number of piperazine rings is 1. The monoisotopic (exact) mass is 362 g/mol. The van der Waals surface area contributed by atoms with E-state index in [1.165, 1.54) is 4.31 Å². The molecule has 24 heavy (non-hydrogen) atoms. The number of carbonyl (C=O) groups is 1. The van der Waals surface area contributed by atoms with E-state index in [9.17, 15) is 13.2 Å². The molecule has 2 heterocycles. The molecule has 2 rings (SSSR count). The molecule has 0 aromatic carbocycles. The fourth-order valence-electron chi connectivity index (χ4n) is 3.52. The molecule has 0 saturated carbocycles. The zero-order chi connectivity index (χ0) is 18.0. The third kappa shape index (κ3) is 3.91. The molecule has 2 aliphatic rings. The zero-order valence-electron chi connectivity index (χ0n) is 15.2. The highest BCUT2D eigenvalue weighted by Crippen LogP contribution is 2.33. The molecule has 140 valence electrons. The number of ether oxygens (including phenoxy) is 1. The Hall–Kier alpha value is -0.740. The lowest BCUT2D eigenvalue weighted by molar-refractivity contribution is -0.131. The Kier molecular flexibility index (Phi) is 6.24. The average Bonchev–Trinajstić information content (AvgIpc) is 2.69. The third-order valence-corrected chi connectivity index (χ3v) is 7.21. The van der Waals surface area contributed by atoms with E-state index in [4.69, 9.17) is 4.74 Å². The Morgan fingerprint density at radius 1 is 1.21 bits per heavy atom. The van der Waals surface area contributed by atoms with Crippen molar-refractivity contribution in [1.29, 1.82) is 0 Å². The van der Waals surface area contributed by atoms with E-state index in [1.807, 2.05) is 11.9 Å². The molecule has 1 spiro atoms. The summed E-state index contributed by atoms with van der Waals surface area (Å²) in [7, 11) is 3.35. The second kappa shape index (κ2) is 7.65. The first-order chi connectivity index (χ1) is 11.2. The first kappa shape index (κ1) is 19.6. The number of rotatable bonds is 5. The van der Waals surface area contributed by atoms with Gasteiger partial charge in [-0.15, -0.1) is 0 Å². The molecule has 9 heteroatoms. The number of likely N-dealkylation sites (N-methyl/N-ethyl adjacent to an activating group) is 1. The summed E-state index contributed by atoms with van der Waals surface area (Å²) in [6.45, 7) is 3.36. The molecule has 2 aliphatic heterocycles. The van der Waals surface area contributed by atoms with Gasteiger partial charge in [0.25, 0.3) is 10.2 Å². The van der Waals surface area contributed by atoms with E-state index in [-0.39, 0.29) is 11.4 Å². The zero-order valence-corrected chi connectivity index (χ0v) is 16.0. The maximum Gasteiger partial charge on any atom is 0.281 e. The van der Waals surface area contributed by atoms with Crippen LogP contribution in [-0.2, 0) is 19.7 Å². The van der Waals surface area contributed by atoms with Crippen LogP contribution in [0.4, 0.5) is 0 Å². The van der Waals surface area contributed by atoms with Crippen LogP contribution in [0.2, 0.25) is 0 Å². The predicted octanol–water partition coefficient (Wildman–Crippen LogP) is -0.562. The van der Waals surface area contributed by atoms with E-state index >= 15 is 0 Å². The average molecular weight is 362 g/mol. The van der Waals surface area contributed by atoms with Crippen molar-refractivity contribution in [2.45, 2.75) is 24.8 Å². The highest BCUT2D eigenvalue weighted by molar-refractivity contribution is 7.86. The number of nitrogens with zero attached hydrogens (tertiary/aromatic N) is 4. The highest BCUT2D eigenvalue weighted by Gasteiger charge is 2.45. The standard InChI is InChI=1S/C15H30N4O4S/c1-16(2)24(21,22)19-10-9-17(3)15(13-19)6-5-14(20)18(8-7-15)11-12-23-4/h5-13H2,1-4H3/t15-/m0/s1. The summed E-state index contributed by atoms with van der Waals surface area (Å²) in [5.74, 6) is 0.130. The van der Waals surface area contributed by atoms with E-state index in [2.05, 4.69) is 4.90 Å². The Morgan fingerprint density at radius 2 is 1.92 bits per heavy atom. The van der Waals surface area contributed by atoms with Crippen molar-refractivity contribution in [3.8, 4) is 0 Å². The van der Waals surface area contributed by atoms with Gasteiger partial charge in [0, 0.05) is 65.9 Å². The van der Waals surface area contributed by atoms with Crippen LogP contribution in [0.3, 0.4) is 0 Å². The first-order valence-corrected chi connectivity index (χ1v) is 9.78. The van der Waals surface area contributed by atoms with Gasteiger partial charge < -0.3 is 9.64 Å². The van der Waals surface area contributed by atoms with Crippen molar-refractivity contribution in [3.63, 3.8) is 0 Å². The fraction of sp³-hybridized carbons (Fsp3) is 0.933. The topological polar surface area (TPSA) is 73.4 Å². The van der Waals surface area contributed by atoms with Crippen molar-refractivity contribution in [2.75, 3.05) is 67.6 Å². The van der Waals surface area contributed by atoms with Crippen LogP contribution in [0.1, 0.15) is 19.3 Å². The summed E-state index contributed by atoms with van der Waals surface area (Å²) >= 11 is 0. The maximum absolute atomic E-state index is 12.5. The molecule has 0 N–H and O–H groups in total. The molecule has 1 amide bonds. The van der Waals surface area contributed by atoms with E-state index in [1.54, 1.807) is 25.5 Å². The minimum atomic E-state index is -3.43. The summed E-state index contributed by atoms with van der Waals surface area (Å²) in [5, 5.41) is 0. The van der Waals surface area contributed by atoms with Crippen LogP contribution in [0.25, 0.3) is 0 Å². The van der Waals surface area contributed by atoms with E-state index < -0.39 is 10.2 Å². The van der Waals surface area contributed by atoms with Crippen molar-refractivity contribution in [1.82, 2.24) is 18.4 Å². The van der Waals surface area contributed by atoms with E-state index in [0.29, 0.717) is 52.2 Å². The molecule has 0 bridgehead atoms. The lowest BCUT2D eigenvalue weighted by Gasteiger charge is -2.49. The van der Waals surface area contributed by atoms with Gasteiger partial charge in [-0.3, -0.25) is 9.69 Å². The third-order valence-electron chi connectivity index (χ3n) is 5.32. The largest absolute Gasteiger partial charge is 0.383 e. The molecular weight excluding hydrogens is 332 g/mol. The van der Waals surface area contributed by atoms with Crippen molar-refractivity contribution < 1.29 is 17.9 Å². The summed E-state index contributed by atoms with van der Waals surface area (Å²) in [5.41, 5.74) is -0.279. The second-order valence-electron chi connectivity index (χ2n) is 6.89. The molecule has 0 unspecified atom stereocenters. The van der Waals surface area contributed by atoms with Crippen molar-refractivity contribution in [3.05, 3.63) is 0 Å². The van der Waals surface area contributed by atoms with Gasteiger partial charge in [0.1, 0.15) is 0 Å². The van der Waals surface area contributed by atoms with Crippen LogP contribution in [0.15, 0.2) is 0 Å². The molecule has 2 fully saturated rings. The minimum Gasteiger partial charge on any atom is -0.383 e. The van der Waals surface area contributed by atoms with Gasteiger partial charge in [0.05, 0.1) is 6.61 Å². The smallest absolute Gasteiger partial charge is 0.281 e. The number of hydrogen-bond acceptors (Lipinski definition) is 5. The summed E-state index contributed by atoms with van der Waals surface area (Å²) in [4.78, 5) is 16.4. The normalized spacial score (nSPS) is 27.9. The maximum atomic E-state index is 12.5. The van der Waals surface area contributed by atoms with Gasteiger partial charge in [0.15, 0.2) is 0 Å². The number of amides is 1. The van der Waals surface area contributed by atoms with Crippen LogP contribution in [0, 0.1) is 0 Å². The van der Waals surface area contributed by atoms with Gasteiger partial charge in [-0.2, -0.15) is 17.0 Å². The molecule has 0 radical (unpaired) electrons. The SMILES string of the molecule is COCCN1CC[C@@]2(CCC1=O)CN(S(=O)(=O)N(C)C)CCN2C. The van der Waals surface area contributed by atoms with Crippen LogP contribution >= 0.6 is 0 Å². The Morgan fingerprint density at radius 3 is 2.54 bits per heavy atom. The molecule has 8 nitrogen and oxygen atoms in total. The van der Waals surface area contributed by atoms with Gasteiger partial charge in [-0.25, -0.2) is 0 Å². The molecule has 0 aromatic heterocycles. The number of likely N-dealkylation sites (tertiary alicyclic amines) is 1. The van der Waals surface area contributed by atoms with Crippen LogP contribution < -0.4 is 0 Å². The summed E-state index contributed by atoms with van der Waals surface area (Å²) in [6.07, 6.45) is 1.91. The Labute approximate surface area is 145 Å². The molecule has 0 aliphatic carbocycles. The number of carbonyl (C=O) groups excluding carboxylic acids is 1. The van der Waals surface area contributed by atoms with Gasteiger partial charge in [-0.05, 0) is 19.9 Å². The molecular formula is C15H30N4O4S. The Bertz CT molecular complexity index is 554. The fourth-order valence-corrected chi connectivity index (χ4v) is 4.70.